The maximum atomic E-state index is 12.5. The number of pyridine rings is 1. The topological polar surface area (TPSA) is 36.4 Å². The Kier molecular flexibility index (Phi) is 4.98. The van der Waals surface area contributed by atoms with Crippen LogP contribution in [0.4, 0.5) is 0 Å². The van der Waals surface area contributed by atoms with Gasteiger partial charge in [0, 0.05) is 37.6 Å². The highest BCUT2D eigenvalue weighted by Gasteiger charge is 2.24. The van der Waals surface area contributed by atoms with Gasteiger partial charge in [0.2, 0.25) is 0 Å². The van der Waals surface area contributed by atoms with Crippen LogP contribution in [-0.4, -0.2) is 46.9 Å². The van der Waals surface area contributed by atoms with Gasteiger partial charge < -0.3 is 4.90 Å². The first kappa shape index (κ1) is 15.7. The lowest BCUT2D eigenvalue weighted by atomic mass is 10.2. The van der Waals surface area contributed by atoms with E-state index in [1.807, 2.05) is 0 Å². The number of hydrogen-bond acceptors (Lipinski definition) is 4. The van der Waals surface area contributed by atoms with Crippen LogP contribution in [0.15, 0.2) is 29.6 Å². The smallest absolute Gasteiger partial charge is 0.274 e. The van der Waals surface area contributed by atoms with E-state index < -0.39 is 0 Å². The summed E-state index contributed by atoms with van der Waals surface area (Å²) >= 11 is 13.7. The molecule has 3 heterocycles. The molecule has 1 aliphatic rings. The standard InChI is InChI=1S/C15H15Cl2N3OS/c16-12-3-4-13(17)18-14(12)15(21)20-7-5-19(6-8-20)10-11-2-1-9-22-11/h1-4,9H,5-8,10H2. The lowest BCUT2D eigenvalue weighted by molar-refractivity contribution is 0.0624. The normalized spacial score (nSPS) is 16.0. The lowest BCUT2D eigenvalue weighted by Crippen LogP contribution is -2.48. The highest BCUT2D eigenvalue weighted by Crippen LogP contribution is 2.20. The number of carbonyl (C=O) groups is 1. The van der Waals surface area contributed by atoms with E-state index in [0.29, 0.717) is 18.1 Å². The van der Waals surface area contributed by atoms with E-state index >= 15 is 0 Å². The third-order valence-electron chi connectivity index (χ3n) is 3.63. The van der Waals surface area contributed by atoms with Gasteiger partial charge in [0.05, 0.1) is 5.02 Å². The Morgan fingerprint density at radius 3 is 2.64 bits per heavy atom. The van der Waals surface area contributed by atoms with Crippen molar-refractivity contribution in [3.8, 4) is 0 Å². The molecule has 0 saturated carbocycles. The second kappa shape index (κ2) is 6.96. The molecule has 0 aliphatic carbocycles. The van der Waals surface area contributed by atoms with Crippen LogP contribution in [0.1, 0.15) is 15.4 Å². The number of thiophene rings is 1. The van der Waals surface area contributed by atoms with Crippen LogP contribution in [0, 0.1) is 0 Å². The predicted octanol–water partition coefficient (Wildman–Crippen LogP) is 3.41. The first-order valence-corrected chi connectivity index (χ1v) is 8.63. The number of amides is 1. The van der Waals surface area contributed by atoms with Crippen LogP contribution < -0.4 is 0 Å². The van der Waals surface area contributed by atoms with Crippen LogP contribution in [0.3, 0.4) is 0 Å². The summed E-state index contributed by atoms with van der Waals surface area (Å²) in [6.07, 6.45) is 0. The van der Waals surface area contributed by atoms with Gasteiger partial charge in [0.1, 0.15) is 10.8 Å². The van der Waals surface area contributed by atoms with Gasteiger partial charge in [-0.2, -0.15) is 0 Å². The number of nitrogens with zero attached hydrogens (tertiary/aromatic N) is 3. The van der Waals surface area contributed by atoms with Gasteiger partial charge in [-0.15, -0.1) is 11.3 Å². The third kappa shape index (κ3) is 3.60. The Morgan fingerprint density at radius 2 is 1.95 bits per heavy atom. The molecule has 3 rings (SSSR count). The van der Waals surface area contributed by atoms with E-state index in [1.165, 1.54) is 4.88 Å². The number of aromatic nitrogens is 1. The fourth-order valence-corrected chi connectivity index (χ4v) is 3.53. The Morgan fingerprint density at radius 1 is 1.18 bits per heavy atom. The minimum Gasteiger partial charge on any atom is -0.335 e. The van der Waals surface area contributed by atoms with Gasteiger partial charge in [0.25, 0.3) is 5.91 Å². The van der Waals surface area contributed by atoms with Crippen LogP contribution >= 0.6 is 34.5 Å². The Hall–Kier alpha value is -1.14. The molecule has 1 saturated heterocycles. The molecule has 2 aromatic rings. The molecular formula is C15H15Cl2N3OS. The molecule has 0 atom stereocenters. The molecule has 1 amide bonds. The molecule has 0 radical (unpaired) electrons. The van der Waals surface area contributed by atoms with Gasteiger partial charge >= 0.3 is 0 Å². The monoisotopic (exact) mass is 355 g/mol. The van der Waals surface area contributed by atoms with E-state index in [1.54, 1.807) is 28.4 Å². The Labute approximate surface area is 143 Å². The zero-order valence-corrected chi connectivity index (χ0v) is 14.2. The maximum Gasteiger partial charge on any atom is 0.274 e. The quantitative estimate of drug-likeness (QED) is 0.791. The molecule has 0 bridgehead atoms. The molecule has 7 heteroatoms. The molecule has 4 nitrogen and oxygen atoms in total. The third-order valence-corrected chi connectivity index (χ3v) is 5.01. The van der Waals surface area contributed by atoms with Crippen LogP contribution in [0.2, 0.25) is 10.2 Å². The fourth-order valence-electron chi connectivity index (χ4n) is 2.45. The molecular weight excluding hydrogens is 341 g/mol. The second-order valence-corrected chi connectivity index (χ2v) is 6.94. The molecule has 0 unspecified atom stereocenters. The SMILES string of the molecule is O=C(c1nc(Cl)ccc1Cl)N1CCN(Cc2cccs2)CC1. The summed E-state index contributed by atoms with van der Waals surface area (Å²) in [7, 11) is 0. The zero-order valence-electron chi connectivity index (χ0n) is 11.8. The average molecular weight is 356 g/mol. The Bertz CT molecular complexity index is 655. The van der Waals surface area contributed by atoms with Gasteiger partial charge in [0.15, 0.2) is 0 Å². The van der Waals surface area contributed by atoms with Crippen LogP contribution in [-0.2, 0) is 6.54 Å². The maximum absolute atomic E-state index is 12.5. The van der Waals surface area contributed by atoms with Crippen molar-refractivity contribution in [2.45, 2.75) is 6.54 Å². The van der Waals surface area contributed by atoms with Crippen molar-refractivity contribution in [2.75, 3.05) is 26.2 Å². The van der Waals surface area contributed by atoms with E-state index in [4.69, 9.17) is 23.2 Å². The largest absolute Gasteiger partial charge is 0.335 e. The first-order chi connectivity index (χ1) is 10.6. The van der Waals surface area contributed by atoms with Crippen molar-refractivity contribution >= 4 is 40.4 Å². The van der Waals surface area contributed by atoms with Crippen molar-refractivity contribution in [3.05, 3.63) is 50.4 Å². The molecule has 2 aromatic heterocycles. The van der Waals surface area contributed by atoms with Crippen LogP contribution in [0.5, 0.6) is 0 Å². The average Bonchev–Trinajstić information content (AvgIpc) is 3.03. The molecule has 1 fully saturated rings. The van der Waals surface area contributed by atoms with Gasteiger partial charge in [-0.05, 0) is 23.6 Å². The summed E-state index contributed by atoms with van der Waals surface area (Å²) in [6.45, 7) is 3.99. The fraction of sp³-hybridized carbons (Fsp3) is 0.333. The number of halogens is 2. The number of hydrogen-bond donors (Lipinski definition) is 0. The molecule has 0 aromatic carbocycles. The predicted molar refractivity (Wildman–Crippen MR) is 89.8 cm³/mol. The van der Waals surface area contributed by atoms with E-state index in [2.05, 4.69) is 27.4 Å². The van der Waals surface area contributed by atoms with Crippen molar-refractivity contribution < 1.29 is 4.79 Å². The number of carbonyl (C=O) groups excluding carboxylic acids is 1. The minimum absolute atomic E-state index is 0.150. The minimum atomic E-state index is -0.150. The molecule has 0 spiro atoms. The summed E-state index contributed by atoms with van der Waals surface area (Å²) < 4.78 is 0. The van der Waals surface area contributed by atoms with Gasteiger partial charge in [-0.3, -0.25) is 9.69 Å². The van der Waals surface area contributed by atoms with Gasteiger partial charge in [-0.1, -0.05) is 29.3 Å². The van der Waals surface area contributed by atoms with Crippen molar-refractivity contribution in [3.63, 3.8) is 0 Å². The second-order valence-electron chi connectivity index (χ2n) is 5.11. The van der Waals surface area contributed by atoms with Crippen molar-refractivity contribution in [1.29, 1.82) is 0 Å². The Balaban J connectivity index is 1.61. The molecule has 22 heavy (non-hydrogen) atoms. The summed E-state index contributed by atoms with van der Waals surface area (Å²) in [5.74, 6) is -0.150. The summed E-state index contributed by atoms with van der Waals surface area (Å²) in [5.41, 5.74) is 0.237. The summed E-state index contributed by atoms with van der Waals surface area (Å²) in [6, 6.07) is 7.39. The first-order valence-electron chi connectivity index (χ1n) is 6.99. The van der Waals surface area contributed by atoms with Crippen molar-refractivity contribution in [2.24, 2.45) is 0 Å². The van der Waals surface area contributed by atoms with Crippen LogP contribution in [0.25, 0.3) is 0 Å². The summed E-state index contributed by atoms with van der Waals surface area (Å²) in [5, 5.41) is 2.71. The van der Waals surface area contributed by atoms with Gasteiger partial charge in [-0.25, -0.2) is 4.98 Å². The summed E-state index contributed by atoms with van der Waals surface area (Å²) in [4.78, 5) is 22.0. The van der Waals surface area contributed by atoms with E-state index in [-0.39, 0.29) is 16.8 Å². The molecule has 0 N–H and O–H groups in total. The number of rotatable bonds is 3. The lowest BCUT2D eigenvalue weighted by Gasteiger charge is -2.34. The highest BCUT2D eigenvalue weighted by atomic mass is 35.5. The highest BCUT2D eigenvalue weighted by molar-refractivity contribution is 7.09. The van der Waals surface area contributed by atoms with E-state index in [0.717, 1.165) is 19.6 Å². The zero-order chi connectivity index (χ0) is 15.5. The number of piperazine rings is 1. The molecule has 116 valence electrons. The molecule has 1 aliphatic heterocycles. The van der Waals surface area contributed by atoms with Crippen molar-refractivity contribution in [1.82, 2.24) is 14.8 Å². The van der Waals surface area contributed by atoms with E-state index in [9.17, 15) is 4.79 Å².